The Bertz CT molecular complexity index is 587. The molecule has 1 atom stereocenters. The number of hydrogen-bond acceptors (Lipinski definition) is 3. The summed E-state index contributed by atoms with van der Waals surface area (Å²) in [6.45, 7) is 5.04. The summed E-state index contributed by atoms with van der Waals surface area (Å²) in [6.07, 6.45) is -0.426. The lowest BCUT2D eigenvalue weighted by Crippen LogP contribution is -2.21. The molecule has 2 N–H and O–H groups in total. The molecule has 1 unspecified atom stereocenters. The third kappa shape index (κ3) is 5.02. The van der Waals surface area contributed by atoms with E-state index in [1.807, 2.05) is 62.4 Å². The van der Waals surface area contributed by atoms with Crippen molar-refractivity contribution in [3.05, 3.63) is 64.7 Å². The Hall–Kier alpha value is -1.55. The van der Waals surface area contributed by atoms with E-state index in [4.69, 9.17) is 16.3 Å². The molecule has 0 aliphatic rings. The molecule has 0 aromatic heterocycles. The lowest BCUT2D eigenvalue weighted by molar-refractivity contribution is 0.174. The van der Waals surface area contributed by atoms with Crippen molar-refractivity contribution in [2.75, 3.05) is 6.54 Å². The Morgan fingerprint density at radius 3 is 2.55 bits per heavy atom. The van der Waals surface area contributed by atoms with Crippen LogP contribution in [0.15, 0.2) is 48.5 Å². The lowest BCUT2D eigenvalue weighted by Gasteiger charge is -2.16. The maximum atomic E-state index is 10.1. The molecule has 22 heavy (non-hydrogen) atoms. The van der Waals surface area contributed by atoms with Crippen molar-refractivity contribution in [3.8, 4) is 5.75 Å². The normalized spacial score (nSPS) is 12.4. The average Bonchev–Trinajstić information content (AvgIpc) is 2.50. The topological polar surface area (TPSA) is 41.5 Å². The van der Waals surface area contributed by atoms with Crippen LogP contribution >= 0.6 is 11.6 Å². The van der Waals surface area contributed by atoms with Crippen molar-refractivity contribution in [3.63, 3.8) is 0 Å². The van der Waals surface area contributed by atoms with Gasteiger partial charge in [-0.3, -0.25) is 0 Å². The van der Waals surface area contributed by atoms with Crippen LogP contribution in [0.3, 0.4) is 0 Å². The van der Waals surface area contributed by atoms with E-state index in [9.17, 15) is 5.11 Å². The van der Waals surface area contributed by atoms with E-state index in [0.29, 0.717) is 18.1 Å². The highest BCUT2D eigenvalue weighted by Crippen LogP contribution is 2.24. The smallest absolute Gasteiger partial charge is 0.124 e. The van der Waals surface area contributed by atoms with Crippen molar-refractivity contribution in [1.29, 1.82) is 0 Å². The van der Waals surface area contributed by atoms with Crippen LogP contribution in [0.1, 0.15) is 31.1 Å². The molecule has 0 radical (unpaired) electrons. The van der Waals surface area contributed by atoms with Crippen LogP contribution in [-0.2, 0) is 6.54 Å². The van der Waals surface area contributed by atoms with Crippen LogP contribution in [0.25, 0.3) is 0 Å². The first-order valence-corrected chi connectivity index (χ1v) is 7.83. The predicted molar refractivity (Wildman–Crippen MR) is 90.3 cm³/mol. The van der Waals surface area contributed by atoms with Gasteiger partial charge in [0.05, 0.1) is 12.2 Å². The molecule has 0 aliphatic heterocycles. The minimum Gasteiger partial charge on any atom is -0.491 e. The predicted octanol–water partition coefficient (Wildman–Crippen LogP) is 3.95. The van der Waals surface area contributed by atoms with E-state index < -0.39 is 6.10 Å². The standard InChI is InChI=1S/C18H22ClNO2/c1-13(2)22-18-9-8-16(19)10-15(18)11-20-12-17(21)14-6-4-3-5-7-14/h3-10,13,17,20-21H,11-12H2,1-2H3. The zero-order valence-corrected chi connectivity index (χ0v) is 13.7. The largest absolute Gasteiger partial charge is 0.491 e. The molecule has 2 aromatic rings. The molecular weight excluding hydrogens is 298 g/mol. The van der Waals surface area contributed by atoms with Gasteiger partial charge in [-0.25, -0.2) is 0 Å². The number of benzene rings is 2. The van der Waals surface area contributed by atoms with Gasteiger partial charge in [-0.05, 0) is 37.6 Å². The van der Waals surface area contributed by atoms with Gasteiger partial charge in [-0.2, -0.15) is 0 Å². The second-order valence-corrected chi connectivity index (χ2v) is 5.91. The van der Waals surface area contributed by atoms with Crippen LogP contribution in [-0.4, -0.2) is 17.8 Å². The Morgan fingerprint density at radius 2 is 1.86 bits per heavy atom. The van der Waals surface area contributed by atoms with Crippen molar-refractivity contribution in [2.45, 2.75) is 32.6 Å². The van der Waals surface area contributed by atoms with E-state index in [2.05, 4.69) is 5.32 Å². The van der Waals surface area contributed by atoms with Gasteiger partial charge in [0, 0.05) is 23.7 Å². The van der Waals surface area contributed by atoms with Gasteiger partial charge in [0.2, 0.25) is 0 Å². The average molecular weight is 320 g/mol. The Kier molecular flexibility index (Phi) is 6.25. The summed E-state index contributed by atoms with van der Waals surface area (Å²) < 4.78 is 5.78. The van der Waals surface area contributed by atoms with Crippen molar-refractivity contribution in [1.82, 2.24) is 5.32 Å². The van der Waals surface area contributed by atoms with E-state index in [1.165, 1.54) is 0 Å². The van der Waals surface area contributed by atoms with Crippen LogP contribution in [0.4, 0.5) is 0 Å². The highest BCUT2D eigenvalue weighted by Gasteiger charge is 2.09. The van der Waals surface area contributed by atoms with Crippen LogP contribution in [0.2, 0.25) is 5.02 Å². The summed E-state index contributed by atoms with van der Waals surface area (Å²) in [4.78, 5) is 0. The maximum Gasteiger partial charge on any atom is 0.124 e. The third-order valence-corrected chi connectivity index (χ3v) is 3.46. The summed E-state index contributed by atoms with van der Waals surface area (Å²) in [5.41, 5.74) is 1.89. The molecule has 2 rings (SSSR count). The number of hydrogen-bond donors (Lipinski definition) is 2. The molecule has 0 bridgehead atoms. The summed E-state index contributed by atoms with van der Waals surface area (Å²) in [7, 11) is 0. The molecular formula is C18H22ClNO2. The van der Waals surface area contributed by atoms with E-state index >= 15 is 0 Å². The third-order valence-electron chi connectivity index (χ3n) is 3.22. The molecule has 118 valence electrons. The molecule has 0 saturated carbocycles. The fraction of sp³-hybridized carbons (Fsp3) is 0.333. The first kappa shape index (κ1) is 16.8. The number of aliphatic hydroxyl groups is 1. The molecule has 0 heterocycles. The minimum atomic E-state index is -0.533. The number of nitrogens with one attached hydrogen (secondary N) is 1. The van der Waals surface area contributed by atoms with Crippen molar-refractivity contribution < 1.29 is 9.84 Å². The fourth-order valence-corrected chi connectivity index (χ4v) is 2.39. The van der Waals surface area contributed by atoms with Crippen LogP contribution in [0.5, 0.6) is 5.75 Å². The van der Waals surface area contributed by atoms with E-state index in [0.717, 1.165) is 16.9 Å². The Morgan fingerprint density at radius 1 is 1.14 bits per heavy atom. The summed E-state index contributed by atoms with van der Waals surface area (Å²) in [5.74, 6) is 0.820. The fourth-order valence-electron chi connectivity index (χ4n) is 2.19. The zero-order chi connectivity index (χ0) is 15.9. The maximum absolute atomic E-state index is 10.1. The van der Waals surface area contributed by atoms with Gasteiger partial charge in [-0.1, -0.05) is 41.9 Å². The molecule has 0 aliphatic carbocycles. The van der Waals surface area contributed by atoms with Crippen molar-refractivity contribution >= 4 is 11.6 Å². The monoisotopic (exact) mass is 319 g/mol. The number of halogens is 1. The zero-order valence-electron chi connectivity index (χ0n) is 12.9. The van der Waals surface area contributed by atoms with Gasteiger partial charge in [0.15, 0.2) is 0 Å². The Balaban J connectivity index is 1.95. The van der Waals surface area contributed by atoms with Gasteiger partial charge in [-0.15, -0.1) is 0 Å². The molecule has 2 aromatic carbocycles. The summed E-state index contributed by atoms with van der Waals surface area (Å²) >= 11 is 6.06. The second-order valence-electron chi connectivity index (χ2n) is 5.48. The number of ether oxygens (including phenoxy) is 1. The lowest BCUT2D eigenvalue weighted by atomic mass is 10.1. The van der Waals surface area contributed by atoms with E-state index in [1.54, 1.807) is 0 Å². The molecule has 0 saturated heterocycles. The van der Waals surface area contributed by atoms with Gasteiger partial charge < -0.3 is 15.2 Å². The van der Waals surface area contributed by atoms with Crippen LogP contribution < -0.4 is 10.1 Å². The molecule has 0 spiro atoms. The second kappa shape index (κ2) is 8.18. The van der Waals surface area contributed by atoms with Crippen molar-refractivity contribution in [2.24, 2.45) is 0 Å². The van der Waals surface area contributed by atoms with Gasteiger partial charge in [0.1, 0.15) is 5.75 Å². The minimum absolute atomic E-state index is 0.106. The first-order valence-electron chi connectivity index (χ1n) is 7.45. The molecule has 0 fully saturated rings. The van der Waals surface area contributed by atoms with E-state index in [-0.39, 0.29) is 6.10 Å². The molecule has 3 nitrogen and oxygen atoms in total. The number of aliphatic hydroxyl groups excluding tert-OH is 1. The first-order chi connectivity index (χ1) is 10.6. The summed E-state index contributed by atoms with van der Waals surface area (Å²) in [5, 5.41) is 14.1. The van der Waals surface area contributed by atoms with Crippen LogP contribution in [0, 0.1) is 0 Å². The van der Waals surface area contributed by atoms with Gasteiger partial charge in [0.25, 0.3) is 0 Å². The molecule has 4 heteroatoms. The Labute approximate surface area is 136 Å². The SMILES string of the molecule is CC(C)Oc1ccc(Cl)cc1CNCC(O)c1ccccc1. The number of rotatable bonds is 7. The highest BCUT2D eigenvalue weighted by atomic mass is 35.5. The summed E-state index contributed by atoms with van der Waals surface area (Å²) in [6, 6.07) is 15.2. The van der Waals surface area contributed by atoms with Gasteiger partial charge >= 0.3 is 0 Å². The highest BCUT2D eigenvalue weighted by molar-refractivity contribution is 6.30. The molecule has 0 amide bonds. The quantitative estimate of drug-likeness (QED) is 0.812.